The van der Waals surface area contributed by atoms with Gasteiger partial charge in [-0.3, -0.25) is 9.52 Å². The van der Waals surface area contributed by atoms with E-state index in [4.69, 9.17) is 0 Å². The maximum atomic E-state index is 13.2. The van der Waals surface area contributed by atoms with Crippen LogP contribution in [-0.2, 0) is 15.4 Å². The van der Waals surface area contributed by atoms with Crippen molar-refractivity contribution in [3.8, 4) is 11.4 Å². The summed E-state index contributed by atoms with van der Waals surface area (Å²) in [6, 6.07) is 12.1. The van der Waals surface area contributed by atoms with Crippen LogP contribution >= 0.6 is 0 Å². The van der Waals surface area contributed by atoms with E-state index in [9.17, 15) is 13.2 Å². The molecule has 0 unspecified atom stereocenters. The largest absolute Gasteiger partial charge is 0.307 e. The Balaban J connectivity index is 2.00. The molecule has 2 N–H and O–H groups in total. The Morgan fingerprint density at radius 3 is 2.17 bits per heavy atom. The first kappa shape index (κ1) is 21.8. The molecule has 0 amide bonds. The highest BCUT2D eigenvalue weighted by molar-refractivity contribution is 7.92. The molecule has 0 fully saturated rings. The van der Waals surface area contributed by atoms with Crippen molar-refractivity contribution in [2.24, 2.45) is 0 Å². The molecule has 0 saturated carbocycles. The van der Waals surface area contributed by atoms with Gasteiger partial charge in [-0.05, 0) is 55.0 Å². The summed E-state index contributed by atoms with van der Waals surface area (Å²) < 4.78 is 29.0. The van der Waals surface area contributed by atoms with Gasteiger partial charge in [-0.2, -0.15) is 0 Å². The van der Waals surface area contributed by atoms with Gasteiger partial charge in [0.1, 0.15) is 5.82 Å². The van der Waals surface area contributed by atoms with E-state index >= 15 is 0 Å². The lowest BCUT2D eigenvalue weighted by Gasteiger charge is -2.22. The third kappa shape index (κ3) is 4.62. The molecule has 0 aliphatic heterocycles. The van der Waals surface area contributed by atoms with Crippen LogP contribution in [0.25, 0.3) is 11.4 Å². The number of nitrogens with zero attached hydrogens (tertiary/aromatic N) is 1. The molecule has 1 heterocycles. The van der Waals surface area contributed by atoms with E-state index < -0.39 is 10.0 Å². The van der Waals surface area contributed by atoms with Crippen molar-refractivity contribution in [1.82, 2.24) is 9.97 Å². The van der Waals surface area contributed by atoms with Crippen LogP contribution in [0.5, 0.6) is 0 Å². The number of aryl methyl sites for hydroxylation is 3. The van der Waals surface area contributed by atoms with Crippen LogP contribution in [0.2, 0.25) is 0 Å². The smallest absolute Gasteiger partial charge is 0.262 e. The Morgan fingerprint density at radius 2 is 1.60 bits per heavy atom. The molecule has 1 aromatic heterocycles. The molecule has 0 aliphatic rings. The average molecular weight is 426 g/mol. The lowest BCUT2D eigenvalue weighted by molar-refractivity contribution is 0.585. The van der Waals surface area contributed by atoms with E-state index in [2.05, 4.69) is 35.5 Å². The molecular weight excluding hydrogens is 398 g/mol. The fourth-order valence-corrected chi connectivity index (χ4v) is 4.96. The van der Waals surface area contributed by atoms with Crippen molar-refractivity contribution in [1.29, 1.82) is 0 Å². The van der Waals surface area contributed by atoms with Gasteiger partial charge in [-0.1, -0.05) is 45.0 Å². The molecule has 0 atom stereocenters. The fraction of sp³-hybridized carbons (Fsp3) is 0.304. The summed E-state index contributed by atoms with van der Waals surface area (Å²) in [4.78, 5) is 19.0. The highest BCUT2D eigenvalue weighted by atomic mass is 32.2. The Kier molecular flexibility index (Phi) is 5.60. The van der Waals surface area contributed by atoms with E-state index in [-0.39, 0.29) is 15.9 Å². The highest BCUT2D eigenvalue weighted by Gasteiger charge is 2.23. The summed E-state index contributed by atoms with van der Waals surface area (Å²) in [7, 11) is -3.79. The second kappa shape index (κ2) is 7.72. The summed E-state index contributed by atoms with van der Waals surface area (Å²) >= 11 is 0. The third-order valence-electron chi connectivity index (χ3n) is 4.85. The molecule has 2 aromatic carbocycles. The minimum absolute atomic E-state index is 0.0721. The second-order valence-electron chi connectivity index (χ2n) is 8.61. The molecule has 0 radical (unpaired) electrons. The minimum atomic E-state index is -3.79. The van der Waals surface area contributed by atoms with E-state index in [1.54, 1.807) is 31.2 Å². The summed E-state index contributed by atoms with van der Waals surface area (Å²) in [6.45, 7) is 11.7. The summed E-state index contributed by atoms with van der Waals surface area (Å²) in [6.07, 6.45) is 0. The van der Waals surface area contributed by atoms with E-state index in [0.717, 1.165) is 5.56 Å². The number of benzene rings is 2. The average Bonchev–Trinajstić information content (AvgIpc) is 2.59. The number of hydrogen-bond donors (Lipinski definition) is 2. The zero-order chi connectivity index (χ0) is 22.3. The Morgan fingerprint density at radius 1 is 0.967 bits per heavy atom. The van der Waals surface area contributed by atoms with E-state index in [0.29, 0.717) is 33.9 Å². The molecule has 6 nitrogen and oxygen atoms in total. The normalized spacial score (nSPS) is 12.1. The maximum absolute atomic E-state index is 13.2. The first-order valence-electron chi connectivity index (χ1n) is 9.70. The monoisotopic (exact) mass is 425 g/mol. The SMILES string of the molecule is Cc1cc(=O)[nH]c(-c2cccc(NS(=O)(=O)c3c(C)cc(C(C)(C)C)cc3C)c2)n1. The summed E-state index contributed by atoms with van der Waals surface area (Å²) in [5.74, 6) is 0.392. The van der Waals surface area contributed by atoms with Crippen LogP contribution in [0.3, 0.4) is 0 Å². The quantitative estimate of drug-likeness (QED) is 0.645. The van der Waals surface area contributed by atoms with Gasteiger partial charge in [0.2, 0.25) is 0 Å². The fourth-order valence-electron chi connectivity index (χ4n) is 3.46. The van der Waals surface area contributed by atoms with Crippen molar-refractivity contribution in [2.45, 2.75) is 51.9 Å². The third-order valence-corrected chi connectivity index (χ3v) is 6.54. The van der Waals surface area contributed by atoms with Gasteiger partial charge in [0.15, 0.2) is 0 Å². The van der Waals surface area contributed by atoms with Gasteiger partial charge in [-0.25, -0.2) is 13.4 Å². The number of anilines is 1. The lowest BCUT2D eigenvalue weighted by Crippen LogP contribution is -2.18. The molecule has 158 valence electrons. The maximum Gasteiger partial charge on any atom is 0.262 e. The topological polar surface area (TPSA) is 91.9 Å². The van der Waals surface area contributed by atoms with Crippen LogP contribution < -0.4 is 10.3 Å². The molecule has 0 aliphatic carbocycles. The number of nitrogens with one attached hydrogen (secondary N) is 2. The number of hydrogen-bond acceptors (Lipinski definition) is 4. The molecule has 0 bridgehead atoms. The van der Waals surface area contributed by atoms with Crippen LogP contribution in [0, 0.1) is 20.8 Å². The van der Waals surface area contributed by atoms with E-state index in [1.807, 2.05) is 26.0 Å². The number of aromatic amines is 1. The lowest BCUT2D eigenvalue weighted by atomic mass is 9.85. The Labute approximate surface area is 177 Å². The molecular formula is C23H27N3O3S. The first-order chi connectivity index (χ1) is 13.9. The van der Waals surface area contributed by atoms with Gasteiger partial charge in [0, 0.05) is 23.0 Å². The van der Waals surface area contributed by atoms with Crippen LogP contribution in [0.1, 0.15) is 43.2 Å². The van der Waals surface area contributed by atoms with Gasteiger partial charge in [0.05, 0.1) is 4.90 Å². The first-order valence-corrected chi connectivity index (χ1v) is 11.2. The van der Waals surface area contributed by atoms with Crippen molar-refractivity contribution >= 4 is 15.7 Å². The van der Waals surface area contributed by atoms with Gasteiger partial charge >= 0.3 is 0 Å². The van der Waals surface area contributed by atoms with Crippen molar-refractivity contribution < 1.29 is 8.42 Å². The predicted octanol–water partition coefficient (Wildman–Crippen LogP) is 4.46. The molecule has 0 spiro atoms. The molecule has 3 aromatic rings. The molecule has 0 saturated heterocycles. The standard InChI is InChI=1S/C23H27N3O3S/c1-14-10-18(23(4,5)6)11-15(2)21(14)30(28,29)26-19-9-7-8-17(13-19)22-24-16(3)12-20(27)25-22/h7-13,26H,1-6H3,(H,24,25,27). The molecule has 3 rings (SSSR count). The molecule has 7 heteroatoms. The van der Waals surface area contributed by atoms with Crippen LogP contribution in [0.15, 0.2) is 52.2 Å². The number of H-pyrrole nitrogens is 1. The van der Waals surface area contributed by atoms with Gasteiger partial charge in [0.25, 0.3) is 15.6 Å². The zero-order valence-electron chi connectivity index (χ0n) is 18.1. The summed E-state index contributed by atoms with van der Waals surface area (Å²) in [5.41, 5.74) is 3.77. The predicted molar refractivity (Wildman–Crippen MR) is 120 cm³/mol. The Bertz CT molecular complexity index is 1250. The minimum Gasteiger partial charge on any atom is -0.307 e. The van der Waals surface area contributed by atoms with E-state index in [1.165, 1.54) is 6.07 Å². The molecule has 30 heavy (non-hydrogen) atoms. The highest BCUT2D eigenvalue weighted by Crippen LogP contribution is 2.30. The summed E-state index contributed by atoms with van der Waals surface area (Å²) in [5, 5.41) is 0. The van der Waals surface area contributed by atoms with Crippen molar-refractivity contribution in [3.63, 3.8) is 0 Å². The van der Waals surface area contributed by atoms with Gasteiger partial charge in [-0.15, -0.1) is 0 Å². The van der Waals surface area contributed by atoms with Gasteiger partial charge < -0.3 is 4.98 Å². The van der Waals surface area contributed by atoms with Crippen LogP contribution in [-0.4, -0.2) is 18.4 Å². The Hall–Kier alpha value is -2.93. The number of rotatable bonds is 4. The number of sulfonamides is 1. The second-order valence-corrected chi connectivity index (χ2v) is 10.2. The zero-order valence-corrected chi connectivity index (χ0v) is 18.9. The van der Waals surface area contributed by atoms with Crippen LogP contribution in [0.4, 0.5) is 5.69 Å². The number of aromatic nitrogens is 2. The van der Waals surface area contributed by atoms with Crippen molar-refractivity contribution in [3.05, 3.63) is 75.2 Å². The van der Waals surface area contributed by atoms with Crippen molar-refractivity contribution in [2.75, 3.05) is 4.72 Å².